The maximum Gasteiger partial charge on any atom is 0.0685 e. The van der Waals surface area contributed by atoms with Gasteiger partial charge in [0.05, 0.1) is 17.1 Å². The summed E-state index contributed by atoms with van der Waals surface area (Å²) in [6.07, 6.45) is 6.14. The molecular formula is C14H14N2. The first-order chi connectivity index (χ1) is 7.93. The fourth-order valence-corrected chi connectivity index (χ4v) is 3.05. The number of aryl methyl sites for hydroxylation is 1. The normalized spacial score (nSPS) is 16.8. The minimum Gasteiger partial charge on any atom is -0.237 e. The zero-order valence-electron chi connectivity index (χ0n) is 9.24. The van der Waals surface area contributed by atoms with E-state index >= 15 is 0 Å². The van der Waals surface area contributed by atoms with Gasteiger partial charge in [-0.15, -0.1) is 0 Å². The summed E-state index contributed by atoms with van der Waals surface area (Å²) in [4.78, 5) is 0. The second-order valence-corrected chi connectivity index (χ2v) is 4.80. The Labute approximate surface area is 94.9 Å². The van der Waals surface area contributed by atoms with Crippen LogP contribution in [0.2, 0.25) is 0 Å². The highest BCUT2D eigenvalue weighted by Gasteiger charge is 2.26. The molecule has 0 unspecified atom stereocenters. The number of hydrogen-bond donors (Lipinski definition) is 0. The van der Waals surface area contributed by atoms with Gasteiger partial charge >= 0.3 is 0 Å². The molecule has 1 aliphatic carbocycles. The van der Waals surface area contributed by atoms with Crippen molar-refractivity contribution in [3.05, 3.63) is 46.8 Å². The van der Waals surface area contributed by atoms with Crippen molar-refractivity contribution in [3.8, 4) is 5.69 Å². The Hall–Kier alpha value is -1.57. The highest BCUT2D eigenvalue weighted by atomic mass is 15.3. The summed E-state index contributed by atoms with van der Waals surface area (Å²) in [5.41, 5.74) is 7.08. The number of hydrogen-bond acceptors (Lipinski definition) is 1. The van der Waals surface area contributed by atoms with Crippen molar-refractivity contribution in [1.82, 2.24) is 9.78 Å². The van der Waals surface area contributed by atoms with Gasteiger partial charge in [-0.05, 0) is 42.9 Å². The number of aromatic nitrogens is 2. The largest absolute Gasteiger partial charge is 0.237 e. The van der Waals surface area contributed by atoms with Crippen LogP contribution < -0.4 is 0 Å². The number of rotatable bonds is 0. The maximum absolute atomic E-state index is 4.79. The van der Waals surface area contributed by atoms with Crippen LogP contribution in [0.25, 0.3) is 5.69 Å². The van der Waals surface area contributed by atoms with E-state index in [0.717, 1.165) is 6.42 Å². The molecule has 2 aromatic rings. The van der Waals surface area contributed by atoms with E-state index in [-0.39, 0.29) is 0 Å². The lowest BCUT2D eigenvalue weighted by Gasteiger charge is -2.09. The van der Waals surface area contributed by atoms with Crippen molar-refractivity contribution < 1.29 is 0 Å². The predicted molar refractivity (Wildman–Crippen MR) is 63.0 cm³/mol. The lowest BCUT2D eigenvalue weighted by Crippen LogP contribution is -2.02. The van der Waals surface area contributed by atoms with Crippen LogP contribution in [-0.4, -0.2) is 9.78 Å². The van der Waals surface area contributed by atoms with Crippen molar-refractivity contribution in [2.24, 2.45) is 0 Å². The number of fused-ring (bicyclic) bond motifs is 5. The minimum absolute atomic E-state index is 1.08. The highest BCUT2D eigenvalue weighted by molar-refractivity contribution is 5.52. The molecule has 1 aromatic heterocycles. The smallest absolute Gasteiger partial charge is 0.0685 e. The van der Waals surface area contributed by atoms with Crippen LogP contribution >= 0.6 is 0 Å². The van der Waals surface area contributed by atoms with Crippen LogP contribution in [0.15, 0.2) is 24.3 Å². The molecule has 2 aliphatic rings. The Bertz CT molecular complexity index is 566. The van der Waals surface area contributed by atoms with E-state index < -0.39 is 0 Å². The molecule has 0 fully saturated rings. The van der Waals surface area contributed by atoms with Crippen LogP contribution in [0.4, 0.5) is 0 Å². The second-order valence-electron chi connectivity index (χ2n) is 4.80. The maximum atomic E-state index is 4.79. The third-order valence-electron chi connectivity index (χ3n) is 3.84. The van der Waals surface area contributed by atoms with Crippen LogP contribution in [0, 0.1) is 0 Å². The first-order valence-electron chi connectivity index (χ1n) is 6.11. The Morgan fingerprint density at radius 1 is 1.06 bits per heavy atom. The molecule has 4 rings (SSSR count). The Morgan fingerprint density at radius 2 is 1.94 bits per heavy atom. The molecule has 0 bridgehead atoms. The van der Waals surface area contributed by atoms with Gasteiger partial charge in [0, 0.05) is 6.42 Å². The first kappa shape index (κ1) is 8.57. The van der Waals surface area contributed by atoms with E-state index in [0.29, 0.717) is 0 Å². The third kappa shape index (κ3) is 0.993. The van der Waals surface area contributed by atoms with Gasteiger partial charge in [0.1, 0.15) is 0 Å². The molecule has 0 radical (unpaired) electrons. The molecule has 16 heavy (non-hydrogen) atoms. The molecule has 0 saturated heterocycles. The fourth-order valence-electron chi connectivity index (χ4n) is 3.05. The summed E-state index contributed by atoms with van der Waals surface area (Å²) >= 11 is 0. The van der Waals surface area contributed by atoms with E-state index in [1.54, 1.807) is 5.56 Å². The fraction of sp³-hybridized carbons (Fsp3) is 0.357. The van der Waals surface area contributed by atoms with E-state index in [4.69, 9.17) is 5.10 Å². The predicted octanol–water partition coefficient (Wildman–Crippen LogP) is 2.66. The van der Waals surface area contributed by atoms with Crippen molar-refractivity contribution in [1.29, 1.82) is 0 Å². The Balaban J connectivity index is 1.96. The topological polar surface area (TPSA) is 17.8 Å². The van der Waals surface area contributed by atoms with Gasteiger partial charge in [0.15, 0.2) is 0 Å². The van der Waals surface area contributed by atoms with E-state index in [1.165, 1.54) is 48.3 Å². The van der Waals surface area contributed by atoms with Crippen molar-refractivity contribution in [2.75, 3.05) is 0 Å². The SMILES string of the molecule is c1ccc2c(c1)Cc1c3c(nn1-2)CCCC3. The summed E-state index contributed by atoms with van der Waals surface area (Å²) in [6.45, 7) is 0. The molecular weight excluding hydrogens is 196 g/mol. The Kier molecular flexibility index (Phi) is 1.59. The van der Waals surface area contributed by atoms with Crippen molar-refractivity contribution in [2.45, 2.75) is 32.1 Å². The lowest BCUT2D eigenvalue weighted by molar-refractivity contribution is 0.669. The average molecular weight is 210 g/mol. The Morgan fingerprint density at radius 3 is 2.94 bits per heavy atom. The molecule has 1 aliphatic heterocycles. The monoisotopic (exact) mass is 210 g/mol. The highest BCUT2D eigenvalue weighted by Crippen LogP contribution is 2.33. The molecule has 1 aromatic carbocycles. The third-order valence-corrected chi connectivity index (χ3v) is 3.84. The van der Waals surface area contributed by atoms with Crippen molar-refractivity contribution >= 4 is 0 Å². The zero-order chi connectivity index (χ0) is 10.5. The average Bonchev–Trinajstić information content (AvgIpc) is 2.85. The second kappa shape index (κ2) is 2.97. The molecule has 2 nitrogen and oxygen atoms in total. The first-order valence-corrected chi connectivity index (χ1v) is 6.11. The van der Waals surface area contributed by atoms with Gasteiger partial charge in [-0.1, -0.05) is 18.2 Å². The van der Waals surface area contributed by atoms with Gasteiger partial charge in [-0.25, -0.2) is 4.68 Å². The molecule has 0 atom stereocenters. The number of nitrogens with zero attached hydrogens (tertiary/aromatic N) is 2. The summed E-state index contributed by atoms with van der Waals surface area (Å²) in [5.74, 6) is 0. The zero-order valence-corrected chi connectivity index (χ0v) is 9.24. The molecule has 0 amide bonds. The summed E-state index contributed by atoms with van der Waals surface area (Å²) in [6, 6.07) is 8.63. The molecule has 80 valence electrons. The summed E-state index contributed by atoms with van der Waals surface area (Å²) in [7, 11) is 0. The standard InChI is InChI=1S/C14H14N2/c1-4-8-13-10(5-1)9-14-11-6-2-3-7-12(11)15-16(13)14/h1,4-5,8H,2-3,6-7,9H2. The van der Waals surface area contributed by atoms with Crippen molar-refractivity contribution in [3.63, 3.8) is 0 Å². The summed E-state index contributed by atoms with van der Waals surface area (Å²) in [5, 5.41) is 4.79. The van der Waals surface area contributed by atoms with Crippen LogP contribution in [0.5, 0.6) is 0 Å². The number of benzene rings is 1. The van der Waals surface area contributed by atoms with Gasteiger partial charge in [-0.3, -0.25) is 0 Å². The quantitative estimate of drug-likeness (QED) is 0.557. The van der Waals surface area contributed by atoms with Gasteiger partial charge < -0.3 is 0 Å². The van der Waals surface area contributed by atoms with Gasteiger partial charge in [0.2, 0.25) is 0 Å². The van der Waals surface area contributed by atoms with E-state index in [9.17, 15) is 0 Å². The summed E-state index contributed by atoms with van der Waals surface area (Å²) < 4.78 is 2.19. The van der Waals surface area contributed by atoms with Crippen LogP contribution in [-0.2, 0) is 19.3 Å². The number of para-hydroxylation sites is 1. The van der Waals surface area contributed by atoms with E-state index in [1.807, 2.05) is 0 Å². The van der Waals surface area contributed by atoms with Gasteiger partial charge in [0.25, 0.3) is 0 Å². The molecule has 2 heterocycles. The lowest BCUT2D eigenvalue weighted by atomic mass is 9.94. The van der Waals surface area contributed by atoms with Crippen LogP contribution in [0.3, 0.4) is 0 Å². The minimum atomic E-state index is 1.08. The molecule has 0 spiro atoms. The van der Waals surface area contributed by atoms with E-state index in [2.05, 4.69) is 28.9 Å². The van der Waals surface area contributed by atoms with Crippen LogP contribution in [0.1, 0.15) is 35.4 Å². The molecule has 0 N–H and O–H groups in total. The van der Waals surface area contributed by atoms with Gasteiger partial charge in [-0.2, -0.15) is 5.10 Å². The molecule has 0 saturated carbocycles. The molecule has 2 heteroatoms.